The molecule has 0 saturated carbocycles. The van der Waals surface area contributed by atoms with Gasteiger partial charge in [-0.2, -0.15) is 0 Å². The van der Waals surface area contributed by atoms with E-state index in [9.17, 15) is 18.8 Å². The van der Waals surface area contributed by atoms with E-state index in [0.717, 1.165) is 29.7 Å². The van der Waals surface area contributed by atoms with E-state index in [1.807, 2.05) is 53.4 Å². The van der Waals surface area contributed by atoms with Gasteiger partial charge < -0.3 is 15.1 Å². The van der Waals surface area contributed by atoms with Crippen LogP contribution in [0.2, 0.25) is 0 Å². The summed E-state index contributed by atoms with van der Waals surface area (Å²) >= 11 is 0. The van der Waals surface area contributed by atoms with Crippen LogP contribution < -0.4 is 5.32 Å². The van der Waals surface area contributed by atoms with Crippen LogP contribution in [0.25, 0.3) is 0 Å². The van der Waals surface area contributed by atoms with Crippen LogP contribution in [0.4, 0.5) is 10.1 Å². The molecule has 7 heteroatoms. The Bertz CT molecular complexity index is 1250. The van der Waals surface area contributed by atoms with E-state index in [4.69, 9.17) is 0 Å². The van der Waals surface area contributed by atoms with E-state index in [2.05, 4.69) is 5.32 Å². The first-order chi connectivity index (χ1) is 18.3. The molecule has 0 bridgehead atoms. The van der Waals surface area contributed by atoms with E-state index in [1.54, 1.807) is 19.2 Å². The van der Waals surface area contributed by atoms with Crippen LogP contribution in [0, 0.1) is 5.82 Å². The molecule has 1 aliphatic rings. The summed E-state index contributed by atoms with van der Waals surface area (Å²) in [5, 5.41) is 2.88. The Morgan fingerprint density at radius 2 is 1.47 bits per heavy atom. The van der Waals surface area contributed by atoms with Gasteiger partial charge in [0.05, 0.1) is 0 Å². The van der Waals surface area contributed by atoms with Gasteiger partial charge in [-0.25, -0.2) is 4.39 Å². The second kappa shape index (κ2) is 12.5. The fourth-order valence-corrected chi connectivity index (χ4v) is 4.69. The van der Waals surface area contributed by atoms with Gasteiger partial charge in [0.15, 0.2) is 0 Å². The van der Waals surface area contributed by atoms with E-state index in [1.165, 1.54) is 29.5 Å². The third-order valence-corrected chi connectivity index (χ3v) is 7.18. The van der Waals surface area contributed by atoms with Crippen molar-refractivity contribution in [2.75, 3.05) is 32.0 Å². The normalized spacial score (nSPS) is 13.7. The zero-order valence-corrected chi connectivity index (χ0v) is 22.0. The van der Waals surface area contributed by atoms with Crippen molar-refractivity contribution in [3.05, 3.63) is 101 Å². The first-order valence-electron chi connectivity index (χ1n) is 13.0. The molecule has 0 radical (unpaired) electrons. The Morgan fingerprint density at radius 3 is 2.05 bits per heavy atom. The molecule has 38 heavy (non-hydrogen) atoms. The van der Waals surface area contributed by atoms with Crippen LogP contribution in [-0.4, -0.2) is 54.2 Å². The van der Waals surface area contributed by atoms with Crippen molar-refractivity contribution < 1.29 is 18.8 Å². The number of benzene rings is 3. The summed E-state index contributed by atoms with van der Waals surface area (Å²) in [6.45, 7) is 3.26. The van der Waals surface area contributed by atoms with Crippen molar-refractivity contribution in [2.45, 2.75) is 38.5 Å². The molecule has 1 saturated heterocycles. The lowest BCUT2D eigenvalue weighted by atomic mass is 9.89. The third-order valence-electron chi connectivity index (χ3n) is 7.18. The molecule has 3 amide bonds. The van der Waals surface area contributed by atoms with Gasteiger partial charge in [0, 0.05) is 51.3 Å². The topological polar surface area (TPSA) is 69.7 Å². The highest BCUT2D eigenvalue weighted by atomic mass is 19.1. The van der Waals surface area contributed by atoms with Crippen LogP contribution in [0.5, 0.6) is 0 Å². The second-order valence-corrected chi connectivity index (χ2v) is 9.93. The fraction of sp³-hybridized carbons (Fsp3) is 0.323. The number of piperidine rings is 1. The van der Waals surface area contributed by atoms with Crippen molar-refractivity contribution in [1.29, 1.82) is 0 Å². The molecule has 0 spiro atoms. The first-order valence-corrected chi connectivity index (χ1v) is 13.0. The number of halogens is 1. The SMILES string of the molecule is CC(=O)N(C)CCC(=O)Nc1ccc(C2CCN(C(=O)c3ccc(Cc4ccc(F)cc4)cc3)CC2)cc1. The van der Waals surface area contributed by atoms with E-state index >= 15 is 0 Å². The number of carbonyl (C=O) groups is 3. The molecule has 3 aromatic rings. The highest BCUT2D eigenvalue weighted by molar-refractivity contribution is 5.94. The molecule has 0 aliphatic carbocycles. The lowest BCUT2D eigenvalue weighted by Crippen LogP contribution is -2.37. The zero-order valence-electron chi connectivity index (χ0n) is 22.0. The van der Waals surface area contributed by atoms with Gasteiger partial charge in [-0.1, -0.05) is 36.4 Å². The number of nitrogens with zero attached hydrogens (tertiary/aromatic N) is 2. The predicted octanol–water partition coefficient (Wildman–Crippen LogP) is 5.24. The van der Waals surface area contributed by atoms with Gasteiger partial charge in [0.25, 0.3) is 5.91 Å². The molecule has 0 aromatic heterocycles. The molecule has 1 fully saturated rings. The molecule has 3 aromatic carbocycles. The van der Waals surface area contributed by atoms with Crippen LogP contribution in [-0.2, 0) is 16.0 Å². The Kier molecular flexibility index (Phi) is 8.89. The molecular formula is C31H34FN3O3. The third kappa shape index (κ3) is 7.28. The minimum absolute atomic E-state index is 0.0465. The molecule has 198 valence electrons. The highest BCUT2D eigenvalue weighted by Gasteiger charge is 2.24. The standard InChI is InChI=1S/C31H34FN3O3/c1-22(36)34(2)18-17-30(37)33-29-13-9-25(10-14-29)26-15-19-35(20-16-26)31(38)27-7-3-23(4-8-27)21-24-5-11-28(32)12-6-24/h3-14,26H,15-21H2,1-2H3,(H,33,37). The van der Waals surface area contributed by atoms with E-state index < -0.39 is 0 Å². The number of anilines is 1. The average molecular weight is 516 g/mol. The van der Waals surface area contributed by atoms with Gasteiger partial charge >= 0.3 is 0 Å². The summed E-state index contributed by atoms with van der Waals surface area (Å²) in [6.07, 6.45) is 2.72. The van der Waals surface area contributed by atoms with Gasteiger partial charge in [0.2, 0.25) is 11.8 Å². The smallest absolute Gasteiger partial charge is 0.253 e. The molecule has 6 nitrogen and oxygen atoms in total. The lowest BCUT2D eigenvalue weighted by Gasteiger charge is -2.32. The van der Waals surface area contributed by atoms with Gasteiger partial charge in [-0.05, 0) is 78.3 Å². The molecule has 1 aliphatic heterocycles. The Labute approximate surface area is 223 Å². The summed E-state index contributed by atoms with van der Waals surface area (Å²) in [6, 6.07) is 22.1. The number of hydrogen-bond donors (Lipinski definition) is 1. The summed E-state index contributed by atoms with van der Waals surface area (Å²) in [4.78, 5) is 39.9. The van der Waals surface area contributed by atoms with Crippen LogP contribution in [0.1, 0.15) is 59.2 Å². The van der Waals surface area contributed by atoms with Crippen LogP contribution in [0.15, 0.2) is 72.8 Å². The second-order valence-electron chi connectivity index (χ2n) is 9.93. The first kappa shape index (κ1) is 27.0. The van der Waals surface area contributed by atoms with Gasteiger partial charge in [0.1, 0.15) is 5.82 Å². The summed E-state index contributed by atoms with van der Waals surface area (Å²) in [5.41, 5.74) is 4.73. The monoisotopic (exact) mass is 515 g/mol. The minimum atomic E-state index is -0.244. The number of nitrogens with one attached hydrogen (secondary N) is 1. The maximum absolute atomic E-state index is 13.1. The highest BCUT2D eigenvalue weighted by Crippen LogP contribution is 2.29. The summed E-state index contributed by atoms with van der Waals surface area (Å²) in [5.74, 6) is -0.0187. The number of hydrogen-bond acceptors (Lipinski definition) is 3. The van der Waals surface area contributed by atoms with E-state index in [0.29, 0.717) is 37.5 Å². The van der Waals surface area contributed by atoms with Gasteiger partial charge in [-0.15, -0.1) is 0 Å². The molecule has 1 N–H and O–H groups in total. The maximum atomic E-state index is 13.1. The summed E-state index contributed by atoms with van der Waals surface area (Å²) < 4.78 is 13.1. The van der Waals surface area contributed by atoms with Crippen LogP contribution in [0.3, 0.4) is 0 Å². The maximum Gasteiger partial charge on any atom is 0.253 e. The van der Waals surface area contributed by atoms with Crippen molar-refractivity contribution >= 4 is 23.4 Å². The number of carbonyl (C=O) groups excluding carboxylic acids is 3. The van der Waals surface area contributed by atoms with Crippen molar-refractivity contribution in [3.63, 3.8) is 0 Å². The predicted molar refractivity (Wildman–Crippen MR) is 147 cm³/mol. The average Bonchev–Trinajstić information content (AvgIpc) is 2.93. The number of likely N-dealkylation sites (tertiary alicyclic amines) is 1. The largest absolute Gasteiger partial charge is 0.345 e. The molecule has 0 unspecified atom stereocenters. The van der Waals surface area contributed by atoms with Crippen LogP contribution >= 0.6 is 0 Å². The molecule has 0 atom stereocenters. The Morgan fingerprint density at radius 1 is 0.895 bits per heavy atom. The Hall–Kier alpha value is -4.00. The van der Waals surface area contributed by atoms with Gasteiger partial charge in [-0.3, -0.25) is 14.4 Å². The fourth-order valence-electron chi connectivity index (χ4n) is 4.69. The van der Waals surface area contributed by atoms with Crippen molar-refractivity contribution in [2.24, 2.45) is 0 Å². The van der Waals surface area contributed by atoms with E-state index in [-0.39, 0.29) is 30.0 Å². The minimum Gasteiger partial charge on any atom is -0.345 e. The summed E-state index contributed by atoms with van der Waals surface area (Å²) in [7, 11) is 1.68. The van der Waals surface area contributed by atoms with Crippen molar-refractivity contribution in [1.82, 2.24) is 9.80 Å². The van der Waals surface area contributed by atoms with Crippen molar-refractivity contribution in [3.8, 4) is 0 Å². The zero-order chi connectivity index (χ0) is 27.1. The lowest BCUT2D eigenvalue weighted by molar-refractivity contribution is -0.128. The Balaban J connectivity index is 1.25. The molecular weight excluding hydrogens is 481 g/mol. The number of rotatable bonds is 8. The molecule has 4 rings (SSSR count). The quantitative estimate of drug-likeness (QED) is 0.446. The molecule has 1 heterocycles. The number of amides is 3.